The van der Waals surface area contributed by atoms with Crippen molar-refractivity contribution in [2.75, 3.05) is 6.61 Å². The Bertz CT molecular complexity index is 1320. The van der Waals surface area contributed by atoms with Gasteiger partial charge in [0.05, 0.1) is 13.7 Å². The van der Waals surface area contributed by atoms with Crippen LogP contribution in [-0.4, -0.2) is 20.3 Å². The van der Waals surface area contributed by atoms with Crippen LogP contribution in [-0.2, 0) is 32.0 Å². The summed E-state index contributed by atoms with van der Waals surface area (Å²) in [6, 6.07) is 30.8. The van der Waals surface area contributed by atoms with Crippen LogP contribution in [0.15, 0.2) is 90.5 Å². The summed E-state index contributed by atoms with van der Waals surface area (Å²) in [4.78, 5) is 0. The molecule has 3 aromatic rings. The molecule has 0 amide bonds. The van der Waals surface area contributed by atoms with E-state index in [1.165, 1.54) is 42.0 Å². The molecule has 0 saturated heterocycles. The molecule has 0 spiro atoms. The van der Waals surface area contributed by atoms with Gasteiger partial charge in [0.1, 0.15) is 0 Å². The molecule has 3 aromatic carbocycles. The molecule has 3 atom stereocenters. The number of halogens is 2. The molecule has 0 aromatic heterocycles. The first kappa shape index (κ1) is 38.0. The first-order valence-electron chi connectivity index (χ1n) is 15.0. The standard InChI is InChI=1S/C36H44OSi.2CH3.2ClH.Zr/c1-36(2,3)37-24-14-5-6-15-25-38(4,34-23-22-29-18-10-12-20-32(29)34)35-31(26-28-16-8-7-9-17-28)27-30-19-11-13-21-33(30)35;;;;;/h7-13,16-23,27,34-35H,5-6,14-15,24-26H2,1-4H3;2*1H3;2*1H;/q;2*-1;;;+4/p-2. The van der Waals surface area contributed by atoms with E-state index in [1.54, 1.807) is 16.7 Å². The Balaban J connectivity index is 0.00000124. The van der Waals surface area contributed by atoms with Crippen molar-refractivity contribution >= 4 is 37.3 Å². The Morgan fingerprint density at radius 2 is 1.35 bits per heavy atom. The number of unbranched alkanes of at least 4 members (excludes halogenated alkanes) is 3. The van der Waals surface area contributed by atoms with Crippen molar-refractivity contribution in [1.82, 2.24) is 0 Å². The zero-order valence-corrected chi connectivity index (χ0v) is 32.0. The predicted molar refractivity (Wildman–Crippen MR) is 191 cm³/mol. The number of benzene rings is 3. The third-order valence-electron chi connectivity index (χ3n) is 8.58. The van der Waals surface area contributed by atoms with Crippen LogP contribution < -0.4 is 0 Å². The van der Waals surface area contributed by atoms with Crippen molar-refractivity contribution < 1.29 is 25.6 Å². The van der Waals surface area contributed by atoms with E-state index in [9.17, 15) is 0 Å². The van der Waals surface area contributed by atoms with E-state index in [1.807, 2.05) is 0 Å². The van der Waals surface area contributed by atoms with Gasteiger partial charge in [0.15, 0.2) is 0 Å². The average molecular weight is 713 g/mol. The first-order valence-corrected chi connectivity index (χ1v) is 24.2. The minimum absolute atomic E-state index is 0. The molecule has 0 N–H and O–H groups in total. The van der Waals surface area contributed by atoms with Crippen molar-refractivity contribution in [3.05, 3.63) is 133 Å². The number of allylic oxidation sites excluding steroid dienone is 2. The van der Waals surface area contributed by atoms with Gasteiger partial charge in [0.2, 0.25) is 0 Å². The molecule has 1 nitrogen and oxygen atoms in total. The van der Waals surface area contributed by atoms with Crippen LogP contribution in [0.5, 0.6) is 0 Å². The topological polar surface area (TPSA) is 9.23 Å². The zero-order valence-electron chi connectivity index (χ0n) is 27.0. The molecule has 3 unspecified atom stereocenters. The van der Waals surface area contributed by atoms with Crippen molar-refractivity contribution in [1.29, 1.82) is 0 Å². The normalized spacial score (nSPS) is 17.6. The first-order chi connectivity index (χ1) is 19.8. The fourth-order valence-corrected chi connectivity index (χ4v) is 12.3. The van der Waals surface area contributed by atoms with Gasteiger partial charge in [0, 0.05) is 12.1 Å². The third-order valence-corrected chi connectivity index (χ3v) is 13.9. The summed E-state index contributed by atoms with van der Waals surface area (Å²) in [6.45, 7) is 10.0. The monoisotopic (exact) mass is 710 g/mol. The molecule has 2 aliphatic rings. The molecule has 5 heteroatoms. The van der Waals surface area contributed by atoms with Crippen molar-refractivity contribution in [2.45, 2.75) is 82.1 Å². The van der Waals surface area contributed by atoms with E-state index in [0.29, 0.717) is 11.1 Å². The summed E-state index contributed by atoms with van der Waals surface area (Å²) in [6.07, 6.45) is 13.6. The quantitative estimate of drug-likeness (QED) is 0.109. The Kier molecular flexibility index (Phi) is 15.9. The summed E-state index contributed by atoms with van der Waals surface area (Å²) < 4.78 is 5.98. The van der Waals surface area contributed by atoms with Crippen LogP contribution in [0.2, 0.25) is 12.6 Å². The maximum absolute atomic E-state index is 5.98. The molecular formula is C38H50Cl2OSiZr. The van der Waals surface area contributed by atoms with Gasteiger partial charge < -0.3 is 19.6 Å². The SMILES string of the molecule is CC(C)(C)OCCCCCC[Si](C)(C1C=Cc2ccccc21)C1C(Cc2ccccc2)=Cc2ccccc21.[CH3-].[CH3-].[Cl][Zr+2][Cl]. The second-order valence-corrected chi connectivity index (χ2v) is 21.1. The van der Waals surface area contributed by atoms with Crippen molar-refractivity contribution in [2.24, 2.45) is 0 Å². The zero-order chi connectivity index (χ0) is 29.3. The number of rotatable bonds is 11. The van der Waals surface area contributed by atoms with Gasteiger partial charge >= 0.3 is 37.9 Å². The minimum atomic E-state index is -1.89. The fourth-order valence-electron chi connectivity index (χ4n) is 6.80. The van der Waals surface area contributed by atoms with Crippen LogP contribution in [0, 0.1) is 14.9 Å². The molecule has 5 rings (SSSR count). The molecule has 0 saturated carbocycles. The summed E-state index contributed by atoms with van der Waals surface area (Å²) in [5.74, 6) is 0. The van der Waals surface area contributed by atoms with Gasteiger partial charge in [-0.05, 0) is 67.0 Å². The number of hydrogen-bond donors (Lipinski definition) is 0. The average Bonchev–Trinajstić information content (AvgIpc) is 3.55. The Morgan fingerprint density at radius 3 is 2.02 bits per heavy atom. The molecule has 0 heterocycles. The molecule has 43 heavy (non-hydrogen) atoms. The van der Waals surface area contributed by atoms with Gasteiger partial charge in [-0.1, -0.05) is 135 Å². The molecule has 0 bridgehead atoms. The van der Waals surface area contributed by atoms with E-state index in [4.69, 9.17) is 21.8 Å². The Hall–Kier alpha value is -1.22. The van der Waals surface area contributed by atoms with E-state index >= 15 is 0 Å². The summed E-state index contributed by atoms with van der Waals surface area (Å²) in [5, 5.41) is 0. The molecule has 230 valence electrons. The second kappa shape index (κ2) is 18.1. The maximum atomic E-state index is 5.98. The summed E-state index contributed by atoms with van der Waals surface area (Å²) in [5.41, 5.74) is 10.1. The number of fused-ring (bicyclic) bond motifs is 2. The molecular weight excluding hydrogens is 663 g/mol. The summed E-state index contributed by atoms with van der Waals surface area (Å²) >= 11 is -0.826. The van der Waals surface area contributed by atoms with Crippen LogP contribution in [0.25, 0.3) is 12.2 Å². The molecule has 0 fully saturated rings. The Morgan fingerprint density at radius 1 is 0.767 bits per heavy atom. The fraction of sp³-hybridized carbons (Fsp3) is 0.368. The summed E-state index contributed by atoms with van der Waals surface area (Å²) in [7, 11) is 7.98. The number of ether oxygens (including phenoxy) is 1. The third kappa shape index (κ3) is 10.1. The van der Waals surface area contributed by atoms with Gasteiger partial charge in [0.25, 0.3) is 0 Å². The second-order valence-electron chi connectivity index (χ2n) is 12.6. The predicted octanol–water partition coefficient (Wildman–Crippen LogP) is 12.0. The van der Waals surface area contributed by atoms with Gasteiger partial charge in [-0.15, -0.1) is 0 Å². The van der Waals surface area contributed by atoms with Gasteiger partial charge in [-0.3, -0.25) is 0 Å². The Labute approximate surface area is 282 Å². The van der Waals surface area contributed by atoms with Gasteiger partial charge in [-0.2, -0.15) is 0 Å². The van der Waals surface area contributed by atoms with Crippen LogP contribution in [0.3, 0.4) is 0 Å². The van der Waals surface area contributed by atoms with Crippen LogP contribution in [0.1, 0.15) is 85.4 Å². The van der Waals surface area contributed by atoms with Crippen LogP contribution >= 0.6 is 17.0 Å². The van der Waals surface area contributed by atoms with E-state index in [2.05, 4.69) is 124 Å². The molecule has 2 aliphatic carbocycles. The molecule has 0 aliphatic heterocycles. The van der Waals surface area contributed by atoms with Crippen molar-refractivity contribution in [3.63, 3.8) is 0 Å². The van der Waals surface area contributed by atoms with Crippen molar-refractivity contribution in [3.8, 4) is 0 Å². The van der Waals surface area contributed by atoms with E-state index < -0.39 is 28.9 Å². The number of hydrogen-bond acceptors (Lipinski definition) is 1. The van der Waals surface area contributed by atoms with E-state index in [-0.39, 0.29) is 20.5 Å². The molecule has 0 radical (unpaired) electrons. The van der Waals surface area contributed by atoms with Gasteiger partial charge in [-0.25, -0.2) is 0 Å². The van der Waals surface area contributed by atoms with E-state index in [0.717, 1.165) is 19.4 Å². The van der Waals surface area contributed by atoms with Crippen LogP contribution in [0.4, 0.5) is 0 Å².